The summed E-state index contributed by atoms with van der Waals surface area (Å²) in [6.07, 6.45) is 0.788. The third-order valence-corrected chi connectivity index (χ3v) is 3.62. The number of piperidine rings is 1. The number of fused-ring (bicyclic) bond motifs is 3. The first-order valence-electron chi connectivity index (χ1n) is 6.46. The maximum atomic E-state index is 12.1. The molecule has 0 aliphatic carbocycles. The van der Waals surface area contributed by atoms with E-state index in [1.165, 1.54) is 0 Å². The minimum atomic E-state index is -0.477. The van der Waals surface area contributed by atoms with Crippen molar-refractivity contribution in [2.45, 2.75) is 19.4 Å². The molecule has 0 aromatic rings. The maximum absolute atomic E-state index is 12.1. The van der Waals surface area contributed by atoms with E-state index in [1.807, 2.05) is 0 Å². The molecule has 0 saturated carbocycles. The maximum Gasteiger partial charge on any atom is 0.359 e. The van der Waals surface area contributed by atoms with E-state index in [4.69, 9.17) is 4.74 Å². The number of carbonyl (C=O) groups excluding carboxylic acids is 2. The Kier molecular flexibility index (Phi) is 3.03. The van der Waals surface area contributed by atoms with E-state index in [0.29, 0.717) is 19.0 Å². The zero-order valence-electron chi connectivity index (χ0n) is 10.7. The average Bonchev–Trinajstić information content (AvgIpc) is 2.83. The average molecular weight is 267 g/mol. The first-order chi connectivity index (χ1) is 9.22. The Hall–Kier alpha value is -1.80. The lowest BCUT2D eigenvalue weighted by molar-refractivity contribution is -0.139. The van der Waals surface area contributed by atoms with Crippen LogP contribution < -0.4 is 21.6 Å². The third-order valence-electron chi connectivity index (χ3n) is 3.62. The molecule has 8 nitrogen and oxygen atoms in total. The summed E-state index contributed by atoms with van der Waals surface area (Å²) in [5, 5.41) is 7.83. The van der Waals surface area contributed by atoms with Crippen LogP contribution in [0.4, 0.5) is 0 Å². The van der Waals surface area contributed by atoms with Gasteiger partial charge in [0.2, 0.25) is 5.91 Å². The van der Waals surface area contributed by atoms with E-state index >= 15 is 0 Å². The number of hydrazine groups is 2. The van der Waals surface area contributed by atoms with Crippen LogP contribution in [0, 0.1) is 5.92 Å². The second-order valence-corrected chi connectivity index (χ2v) is 4.71. The Morgan fingerprint density at radius 1 is 1.53 bits per heavy atom. The molecular weight excluding hydrogens is 250 g/mol. The van der Waals surface area contributed by atoms with Crippen molar-refractivity contribution in [3.63, 3.8) is 0 Å². The van der Waals surface area contributed by atoms with Crippen LogP contribution in [0.2, 0.25) is 0 Å². The largest absolute Gasteiger partial charge is 0.461 e. The second-order valence-electron chi connectivity index (χ2n) is 4.71. The second kappa shape index (κ2) is 4.71. The van der Waals surface area contributed by atoms with Gasteiger partial charge in [-0.1, -0.05) is 0 Å². The molecule has 0 aromatic carbocycles. The fraction of sp³-hybridized carbons (Fsp3) is 0.636. The number of nitrogens with one attached hydrogen (secondary N) is 4. The zero-order valence-corrected chi connectivity index (χ0v) is 10.7. The van der Waals surface area contributed by atoms with Gasteiger partial charge in [-0.3, -0.25) is 15.2 Å². The van der Waals surface area contributed by atoms with Crippen LogP contribution in [0.1, 0.15) is 13.3 Å². The third kappa shape index (κ3) is 1.92. The molecule has 2 unspecified atom stereocenters. The van der Waals surface area contributed by atoms with Crippen LogP contribution in [-0.2, 0) is 14.3 Å². The fourth-order valence-corrected chi connectivity index (χ4v) is 2.70. The van der Waals surface area contributed by atoms with Gasteiger partial charge in [-0.25, -0.2) is 4.79 Å². The lowest BCUT2D eigenvalue weighted by Gasteiger charge is -2.42. The van der Waals surface area contributed by atoms with Crippen molar-refractivity contribution in [2.75, 3.05) is 19.7 Å². The number of amides is 1. The molecule has 0 spiro atoms. The molecule has 2 fully saturated rings. The summed E-state index contributed by atoms with van der Waals surface area (Å²) in [6, 6.07) is -0.00285. The molecule has 3 heterocycles. The lowest BCUT2D eigenvalue weighted by atomic mass is 9.89. The van der Waals surface area contributed by atoms with Gasteiger partial charge < -0.3 is 15.4 Å². The fourth-order valence-electron chi connectivity index (χ4n) is 2.70. The molecule has 2 atom stereocenters. The first kappa shape index (κ1) is 12.2. The number of carbonyl (C=O) groups is 2. The number of esters is 1. The van der Waals surface area contributed by atoms with E-state index in [1.54, 1.807) is 11.9 Å². The summed E-state index contributed by atoms with van der Waals surface area (Å²) in [5.41, 5.74) is 5.95. The van der Waals surface area contributed by atoms with Crippen LogP contribution in [0.5, 0.6) is 0 Å². The first-order valence-corrected chi connectivity index (χ1v) is 6.46. The lowest BCUT2D eigenvalue weighted by Crippen LogP contribution is -2.63. The quantitative estimate of drug-likeness (QED) is 0.436. The highest BCUT2D eigenvalue weighted by molar-refractivity contribution is 5.91. The molecule has 19 heavy (non-hydrogen) atoms. The summed E-state index contributed by atoms with van der Waals surface area (Å²) in [4.78, 5) is 23.9. The van der Waals surface area contributed by atoms with Gasteiger partial charge in [0.05, 0.1) is 18.6 Å². The summed E-state index contributed by atoms with van der Waals surface area (Å²) in [6.45, 7) is 3.56. The Morgan fingerprint density at radius 2 is 2.37 bits per heavy atom. The Balaban J connectivity index is 1.88. The van der Waals surface area contributed by atoms with Gasteiger partial charge >= 0.3 is 5.97 Å². The standard InChI is InChI=1S/C11H17N5O3/c1-2-19-11(18)8-9-13-10(17)6-3-4-12-5-7(6)16(9)15-14-8/h6-7,12,14-15H,2-5H2,1H3,(H,13,17). The number of nitrogens with zero attached hydrogens (tertiary/aromatic N) is 1. The highest BCUT2D eigenvalue weighted by Gasteiger charge is 2.45. The number of rotatable bonds is 2. The van der Waals surface area contributed by atoms with Crippen molar-refractivity contribution in [3.05, 3.63) is 11.5 Å². The van der Waals surface area contributed by atoms with E-state index in [0.717, 1.165) is 13.0 Å². The van der Waals surface area contributed by atoms with Gasteiger partial charge in [0.25, 0.3) is 0 Å². The molecular formula is C11H17N5O3. The summed E-state index contributed by atoms with van der Waals surface area (Å²) in [7, 11) is 0. The van der Waals surface area contributed by atoms with Crippen LogP contribution in [-0.4, -0.2) is 42.6 Å². The smallest absolute Gasteiger partial charge is 0.359 e. The van der Waals surface area contributed by atoms with Crippen molar-refractivity contribution in [2.24, 2.45) is 5.92 Å². The minimum Gasteiger partial charge on any atom is -0.461 e. The van der Waals surface area contributed by atoms with Gasteiger partial charge in [0.1, 0.15) is 0 Å². The van der Waals surface area contributed by atoms with E-state index in [-0.39, 0.29) is 23.6 Å². The molecule has 8 heteroatoms. The number of hydrogen-bond acceptors (Lipinski definition) is 7. The predicted octanol–water partition coefficient (Wildman–Crippen LogP) is -1.85. The Bertz CT molecular complexity index is 450. The minimum absolute atomic E-state index is 0.00285. The summed E-state index contributed by atoms with van der Waals surface area (Å²) in [5.74, 6) is -0.130. The topological polar surface area (TPSA) is 94.7 Å². The van der Waals surface area contributed by atoms with Gasteiger partial charge in [-0.2, -0.15) is 0 Å². The van der Waals surface area contributed by atoms with Gasteiger partial charge in [0.15, 0.2) is 11.5 Å². The van der Waals surface area contributed by atoms with Gasteiger partial charge in [-0.15, -0.1) is 5.53 Å². The van der Waals surface area contributed by atoms with Crippen molar-refractivity contribution in [1.82, 2.24) is 26.6 Å². The number of ether oxygens (including phenoxy) is 1. The van der Waals surface area contributed by atoms with E-state index < -0.39 is 5.97 Å². The van der Waals surface area contributed by atoms with Crippen LogP contribution in [0.15, 0.2) is 11.5 Å². The normalized spacial score (nSPS) is 29.3. The molecule has 104 valence electrons. The molecule has 3 rings (SSSR count). The highest BCUT2D eigenvalue weighted by Crippen LogP contribution is 2.27. The molecule has 0 aromatic heterocycles. The molecule has 3 aliphatic heterocycles. The monoisotopic (exact) mass is 267 g/mol. The molecule has 2 saturated heterocycles. The Morgan fingerprint density at radius 3 is 3.16 bits per heavy atom. The highest BCUT2D eigenvalue weighted by atomic mass is 16.5. The summed E-state index contributed by atoms with van der Waals surface area (Å²) >= 11 is 0. The zero-order chi connectivity index (χ0) is 13.4. The van der Waals surface area contributed by atoms with Crippen LogP contribution >= 0.6 is 0 Å². The van der Waals surface area contributed by atoms with E-state index in [9.17, 15) is 9.59 Å². The predicted molar refractivity (Wildman–Crippen MR) is 64.7 cm³/mol. The number of hydrogen-bond donors (Lipinski definition) is 4. The van der Waals surface area contributed by atoms with Crippen LogP contribution in [0.3, 0.4) is 0 Å². The van der Waals surface area contributed by atoms with Crippen molar-refractivity contribution < 1.29 is 14.3 Å². The molecule has 0 radical (unpaired) electrons. The SMILES string of the molecule is CCOC(=O)C1=C2NC(=O)C3CCNCC3N2NN1. The molecule has 1 amide bonds. The van der Waals surface area contributed by atoms with E-state index in [2.05, 4.69) is 21.6 Å². The van der Waals surface area contributed by atoms with Gasteiger partial charge in [-0.05, 0) is 19.9 Å². The summed E-state index contributed by atoms with van der Waals surface area (Å²) < 4.78 is 4.95. The molecule has 4 N–H and O–H groups in total. The Labute approximate surface area is 110 Å². The van der Waals surface area contributed by atoms with Crippen molar-refractivity contribution in [3.8, 4) is 0 Å². The van der Waals surface area contributed by atoms with Gasteiger partial charge in [0, 0.05) is 6.54 Å². The molecule has 3 aliphatic rings. The molecule has 0 bridgehead atoms. The van der Waals surface area contributed by atoms with Crippen molar-refractivity contribution in [1.29, 1.82) is 0 Å². The van der Waals surface area contributed by atoms with Crippen molar-refractivity contribution >= 4 is 11.9 Å². The van der Waals surface area contributed by atoms with Crippen LogP contribution in [0.25, 0.3) is 0 Å².